The van der Waals surface area contributed by atoms with Gasteiger partial charge in [0.1, 0.15) is 12.2 Å². The molecule has 0 fully saturated rings. The summed E-state index contributed by atoms with van der Waals surface area (Å²) in [7, 11) is 0. The monoisotopic (exact) mass is 852 g/mol. The Kier molecular flexibility index (Phi) is 27.5. The molecule has 0 saturated carbocycles. The normalized spacial score (nSPS) is 9.21. The van der Waals surface area contributed by atoms with Crippen molar-refractivity contribution in [1.82, 2.24) is 9.80 Å². The van der Waals surface area contributed by atoms with Crippen molar-refractivity contribution < 1.29 is 38.2 Å². The fourth-order valence-corrected chi connectivity index (χ4v) is 4.05. The highest BCUT2D eigenvalue weighted by molar-refractivity contribution is 6.13. The molecule has 4 amide bonds. The van der Waals surface area contributed by atoms with Gasteiger partial charge < -0.3 is 9.47 Å². The number of carbonyl (C=O) groups excluding carboxylic acids is 6. The van der Waals surface area contributed by atoms with Crippen LogP contribution in [0, 0.1) is 214 Å². The summed E-state index contributed by atoms with van der Waals surface area (Å²) in [6.07, 6.45) is 13.1. The second-order valence-electron chi connectivity index (χ2n) is 11.3. The van der Waals surface area contributed by atoms with Crippen LogP contribution < -0.4 is 0 Å². The van der Waals surface area contributed by atoms with Crippen molar-refractivity contribution in [3.05, 3.63) is 24.3 Å². The second-order valence-corrected chi connectivity index (χ2v) is 11.3. The maximum absolute atomic E-state index is 11.7. The molecule has 10 nitrogen and oxygen atoms in total. The lowest BCUT2D eigenvalue weighted by Crippen LogP contribution is -2.30. The molecule has 0 aromatic carbocycles. The number of carbonyl (C=O) groups is 6. The third-order valence-electron chi connectivity index (χ3n) is 6.82. The fraction of sp³-hybridized carbons (Fsp3) is 0.179. The molecule has 2 aliphatic heterocycles. The van der Waals surface area contributed by atoms with Gasteiger partial charge in [-0.25, -0.2) is 0 Å². The molecule has 0 N–H and O–H groups in total. The standard InChI is InChI=1S/C56H24N2O8/c59-51-43-44-52(60)57(51)47-37-33-35-41-55(63)65-49-39-31-29-27-25-23-21-19-17-15-13-11-9-7-5-3-1-2-4-6-8-10-12-14-16-18-20-22-24-26-28-30-32-40-50-66-56(64)42-36-34-38-48-58-53(61)45-46-54(58)62/h43-46H,33-38,41-42,47-48H2. The lowest BCUT2D eigenvalue weighted by molar-refractivity contribution is -0.138. The molecule has 2 aliphatic rings. The van der Waals surface area contributed by atoms with Crippen molar-refractivity contribution in [2.45, 2.75) is 51.4 Å². The molecule has 2 rings (SSSR count). The first-order chi connectivity index (χ1) is 32.4. The van der Waals surface area contributed by atoms with Crippen LogP contribution in [0.5, 0.6) is 0 Å². The molecule has 0 radical (unpaired) electrons. The van der Waals surface area contributed by atoms with Crippen LogP contribution in [0.3, 0.4) is 0 Å². The van der Waals surface area contributed by atoms with E-state index >= 15 is 0 Å². The first-order valence-corrected chi connectivity index (χ1v) is 18.8. The highest BCUT2D eigenvalue weighted by atomic mass is 16.5. The number of hydrogen-bond acceptors (Lipinski definition) is 8. The van der Waals surface area contributed by atoms with Crippen molar-refractivity contribution in [1.29, 1.82) is 0 Å². The Balaban J connectivity index is 1.55. The summed E-state index contributed by atoms with van der Waals surface area (Å²) in [6.45, 7) is 0.624. The van der Waals surface area contributed by atoms with Gasteiger partial charge in [0.2, 0.25) is 0 Å². The molecule has 0 unspecified atom stereocenters. The zero-order valence-electron chi connectivity index (χ0n) is 34.5. The van der Waals surface area contributed by atoms with Crippen LogP contribution in [0.1, 0.15) is 51.4 Å². The predicted molar refractivity (Wildman–Crippen MR) is 241 cm³/mol. The Morgan fingerprint density at radius 2 is 0.500 bits per heavy atom. The molecule has 10 heteroatoms. The van der Waals surface area contributed by atoms with Crippen LogP contribution in [-0.4, -0.2) is 58.5 Å². The highest BCUT2D eigenvalue weighted by Crippen LogP contribution is 2.09. The fourth-order valence-electron chi connectivity index (χ4n) is 4.05. The summed E-state index contributed by atoms with van der Waals surface area (Å²) < 4.78 is 9.49. The number of amides is 4. The molecular weight excluding hydrogens is 829 g/mol. The minimum Gasteiger partial charge on any atom is -0.371 e. The Morgan fingerprint density at radius 3 is 0.712 bits per heavy atom. The Bertz CT molecular complexity index is 3030. The zero-order valence-corrected chi connectivity index (χ0v) is 34.5. The quantitative estimate of drug-likeness (QED) is 0.123. The van der Waals surface area contributed by atoms with E-state index in [1.807, 2.05) is 0 Å². The summed E-state index contributed by atoms with van der Waals surface area (Å²) in [5, 5.41) is 0. The molecular formula is C56H24N2O8. The minimum atomic E-state index is -0.506. The van der Waals surface area contributed by atoms with Gasteiger partial charge in [-0.1, -0.05) is 12.8 Å². The van der Waals surface area contributed by atoms with Gasteiger partial charge in [0.25, 0.3) is 23.6 Å². The first-order valence-electron chi connectivity index (χ1n) is 18.8. The van der Waals surface area contributed by atoms with Crippen LogP contribution in [0.25, 0.3) is 0 Å². The third kappa shape index (κ3) is 27.5. The summed E-state index contributed by atoms with van der Waals surface area (Å²) in [4.78, 5) is 71.5. The van der Waals surface area contributed by atoms with Crippen molar-refractivity contribution in [3.8, 4) is 214 Å². The molecule has 0 aliphatic carbocycles. The van der Waals surface area contributed by atoms with Gasteiger partial charge in [-0.3, -0.25) is 38.6 Å². The first kappa shape index (κ1) is 50.9. The van der Waals surface area contributed by atoms with Crippen LogP contribution >= 0.6 is 0 Å². The van der Waals surface area contributed by atoms with E-state index in [-0.39, 0.29) is 36.5 Å². The summed E-state index contributed by atoms with van der Waals surface area (Å²) in [5.41, 5.74) is 0. The van der Waals surface area contributed by atoms with Crippen molar-refractivity contribution >= 4 is 35.6 Å². The van der Waals surface area contributed by atoms with Gasteiger partial charge in [0.15, 0.2) is 0 Å². The maximum Gasteiger partial charge on any atom is 0.319 e. The lowest BCUT2D eigenvalue weighted by Gasteiger charge is -2.12. The van der Waals surface area contributed by atoms with Crippen molar-refractivity contribution in [3.63, 3.8) is 0 Å². The van der Waals surface area contributed by atoms with Crippen molar-refractivity contribution in [2.24, 2.45) is 0 Å². The Hall–Kier alpha value is -11.2. The van der Waals surface area contributed by atoms with E-state index in [1.165, 1.54) is 24.3 Å². The van der Waals surface area contributed by atoms with Crippen molar-refractivity contribution in [2.75, 3.05) is 13.1 Å². The third-order valence-corrected chi connectivity index (χ3v) is 6.82. The molecule has 0 aromatic rings. The lowest BCUT2D eigenvalue weighted by atomic mass is 10.2. The molecule has 0 bridgehead atoms. The average Bonchev–Trinajstić information content (AvgIpc) is 3.81. The van der Waals surface area contributed by atoms with E-state index in [4.69, 9.17) is 9.47 Å². The van der Waals surface area contributed by atoms with Gasteiger partial charge in [0, 0.05) is 252 Å². The van der Waals surface area contributed by atoms with E-state index in [0.29, 0.717) is 51.6 Å². The summed E-state index contributed by atoms with van der Waals surface area (Å²) >= 11 is 0. The van der Waals surface area contributed by atoms with E-state index in [1.54, 1.807) is 0 Å². The number of nitrogens with zero attached hydrogens (tertiary/aromatic N) is 2. The zero-order chi connectivity index (χ0) is 47.4. The van der Waals surface area contributed by atoms with E-state index in [9.17, 15) is 28.8 Å². The van der Waals surface area contributed by atoms with E-state index in [0.717, 1.165) is 9.80 Å². The highest BCUT2D eigenvalue weighted by Gasteiger charge is 2.23. The van der Waals surface area contributed by atoms with Gasteiger partial charge in [0.05, 0.1) is 0 Å². The van der Waals surface area contributed by atoms with E-state index in [2.05, 4.69) is 214 Å². The van der Waals surface area contributed by atoms with Crippen LogP contribution in [0.2, 0.25) is 0 Å². The summed E-state index contributed by atoms with van der Waals surface area (Å²) in [6, 6.07) is 0. The number of ether oxygens (including phenoxy) is 2. The molecule has 0 spiro atoms. The number of hydrogen-bond donors (Lipinski definition) is 0. The SMILES string of the molecule is O=C(CCCCCN1C(=O)C=CC1=O)OC#CC#CC#CC#CC#CC#CC#CC#CC#CC#CC#CC#CC#CC#CC#CC#CC#CC#COC(=O)CCCCCN1C(=O)C=CC1=O. The number of rotatable bonds is 12. The van der Waals surface area contributed by atoms with Gasteiger partial charge in [-0.15, -0.1) is 0 Å². The molecule has 66 heavy (non-hydrogen) atoms. The average molecular weight is 853 g/mol. The molecule has 0 aromatic heterocycles. The number of esters is 2. The number of imide groups is 2. The Labute approximate surface area is 384 Å². The van der Waals surface area contributed by atoms with Crippen LogP contribution in [-0.2, 0) is 38.2 Å². The smallest absolute Gasteiger partial charge is 0.319 e. The van der Waals surface area contributed by atoms with Crippen LogP contribution in [0.4, 0.5) is 0 Å². The van der Waals surface area contributed by atoms with E-state index < -0.39 is 11.9 Å². The largest absolute Gasteiger partial charge is 0.371 e. The summed E-state index contributed by atoms with van der Waals surface area (Å²) in [5.74, 6) is 81.3. The second kappa shape index (κ2) is 35.7. The van der Waals surface area contributed by atoms with Crippen LogP contribution in [0.15, 0.2) is 24.3 Å². The minimum absolute atomic E-state index is 0.148. The molecule has 0 saturated heterocycles. The topological polar surface area (TPSA) is 127 Å². The molecule has 306 valence electrons. The van der Waals surface area contributed by atoms with Gasteiger partial charge in [-0.2, -0.15) is 0 Å². The number of unbranched alkanes of at least 4 members (excludes halogenated alkanes) is 4. The molecule has 2 heterocycles. The predicted octanol–water partition coefficient (Wildman–Crippen LogP) is 1.02. The molecule has 0 atom stereocenters. The van der Waals surface area contributed by atoms with Gasteiger partial charge >= 0.3 is 11.9 Å². The van der Waals surface area contributed by atoms with Gasteiger partial charge in [-0.05, 0) is 25.7 Å². The maximum atomic E-state index is 11.7. The Morgan fingerprint density at radius 1 is 0.303 bits per heavy atom.